The highest BCUT2D eigenvalue weighted by Gasteiger charge is 2.76. The van der Waals surface area contributed by atoms with Gasteiger partial charge < -0.3 is 9.47 Å². The number of ether oxygens (including phenoxy) is 2. The van der Waals surface area contributed by atoms with Crippen LogP contribution < -0.4 is 0 Å². The van der Waals surface area contributed by atoms with Gasteiger partial charge in [-0.15, -0.1) is 0 Å². The molecule has 20 heavy (non-hydrogen) atoms. The van der Waals surface area contributed by atoms with Gasteiger partial charge in [-0.1, -0.05) is 11.6 Å². The maximum atomic E-state index is 13.0. The quantitative estimate of drug-likeness (QED) is 0.743. The summed E-state index contributed by atoms with van der Waals surface area (Å²) in [5, 5.41) is 0. The summed E-state index contributed by atoms with van der Waals surface area (Å²) in [7, 11) is 1.76. The Bertz CT molecular complexity index is 475. The van der Waals surface area contributed by atoms with E-state index in [1.54, 1.807) is 7.11 Å². The average Bonchev–Trinajstić information content (AvgIpc) is 2.56. The third-order valence-corrected chi connectivity index (χ3v) is 5.84. The summed E-state index contributed by atoms with van der Waals surface area (Å²) in [6.45, 7) is 8.38. The maximum Gasteiger partial charge on any atom is 0.171 e. The van der Waals surface area contributed by atoms with Gasteiger partial charge in [-0.25, -0.2) is 0 Å². The van der Waals surface area contributed by atoms with Crippen molar-refractivity contribution in [3.05, 3.63) is 11.6 Å². The van der Waals surface area contributed by atoms with E-state index < -0.39 is 11.2 Å². The van der Waals surface area contributed by atoms with E-state index in [9.17, 15) is 4.79 Å². The van der Waals surface area contributed by atoms with Crippen LogP contribution in [0.15, 0.2) is 11.6 Å². The Kier molecular flexibility index (Phi) is 2.98. The van der Waals surface area contributed by atoms with Crippen LogP contribution in [0.5, 0.6) is 0 Å². The zero-order chi connectivity index (χ0) is 14.8. The highest BCUT2D eigenvalue weighted by Crippen LogP contribution is 2.65. The molecule has 1 heterocycles. The topological polar surface area (TPSA) is 35.5 Å². The number of hydrogen-bond acceptors (Lipinski definition) is 3. The second kappa shape index (κ2) is 4.17. The van der Waals surface area contributed by atoms with E-state index in [1.807, 2.05) is 0 Å². The smallest absolute Gasteiger partial charge is 0.171 e. The predicted octanol–water partition coefficient (Wildman–Crippen LogP) is 3.27. The van der Waals surface area contributed by atoms with Crippen LogP contribution in [-0.4, -0.2) is 29.7 Å². The first-order valence-corrected chi connectivity index (χ1v) is 7.72. The lowest BCUT2D eigenvalue weighted by molar-refractivity contribution is -0.203. The molecule has 0 amide bonds. The molecule has 0 unspecified atom stereocenters. The van der Waals surface area contributed by atoms with Gasteiger partial charge in [0.25, 0.3) is 0 Å². The molecule has 3 aliphatic carbocycles. The van der Waals surface area contributed by atoms with Crippen molar-refractivity contribution < 1.29 is 14.3 Å². The largest absolute Gasteiger partial charge is 0.374 e. The van der Waals surface area contributed by atoms with Gasteiger partial charge in [0, 0.05) is 25.4 Å². The van der Waals surface area contributed by atoms with Crippen molar-refractivity contribution in [2.75, 3.05) is 7.11 Å². The molecule has 0 spiro atoms. The normalized spacial score (nSPS) is 44.8. The zero-order valence-electron chi connectivity index (χ0n) is 13.3. The van der Waals surface area contributed by atoms with Crippen LogP contribution >= 0.6 is 0 Å². The van der Waals surface area contributed by atoms with Crippen LogP contribution in [0, 0.1) is 11.8 Å². The van der Waals surface area contributed by atoms with Gasteiger partial charge in [0.15, 0.2) is 11.4 Å². The molecule has 4 fully saturated rings. The summed E-state index contributed by atoms with van der Waals surface area (Å²) in [5.41, 5.74) is -0.233. The third-order valence-electron chi connectivity index (χ3n) is 5.84. The second-order valence-electron chi connectivity index (χ2n) is 7.50. The molecule has 4 rings (SSSR count). The summed E-state index contributed by atoms with van der Waals surface area (Å²) in [6, 6.07) is 0. The van der Waals surface area contributed by atoms with Crippen molar-refractivity contribution >= 4 is 5.78 Å². The van der Waals surface area contributed by atoms with Crippen LogP contribution in [0.25, 0.3) is 0 Å². The summed E-state index contributed by atoms with van der Waals surface area (Å²) in [4.78, 5) is 13.0. The molecule has 4 aliphatic rings. The second-order valence-corrected chi connectivity index (χ2v) is 7.50. The first-order chi connectivity index (χ1) is 9.29. The molecule has 0 aromatic heterocycles. The molecule has 0 aromatic rings. The van der Waals surface area contributed by atoms with Crippen LogP contribution in [-0.2, 0) is 14.3 Å². The molecule has 3 nitrogen and oxygen atoms in total. The van der Waals surface area contributed by atoms with Crippen LogP contribution in [0.1, 0.15) is 53.4 Å². The number of fused-ring (bicyclic) bond motifs is 1. The van der Waals surface area contributed by atoms with E-state index in [0.717, 1.165) is 19.3 Å². The molecule has 4 atom stereocenters. The molecule has 0 radical (unpaired) electrons. The summed E-state index contributed by atoms with van der Waals surface area (Å²) in [6.07, 6.45) is 5.62. The summed E-state index contributed by atoms with van der Waals surface area (Å²) >= 11 is 0. The van der Waals surface area contributed by atoms with Gasteiger partial charge in [-0.3, -0.25) is 4.79 Å². The molecule has 1 saturated heterocycles. The number of Topliss-reactive ketones (excluding diaryl/α,β-unsaturated/α-hetero) is 1. The molecular weight excluding hydrogens is 252 g/mol. The number of allylic oxidation sites excluding steroid dienone is 1. The van der Waals surface area contributed by atoms with Gasteiger partial charge in [0.2, 0.25) is 0 Å². The molecule has 3 saturated carbocycles. The predicted molar refractivity (Wildman–Crippen MR) is 77.5 cm³/mol. The lowest BCUT2D eigenvalue weighted by atomic mass is 9.52. The highest BCUT2D eigenvalue weighted by atomic mass is 16.6. The third kappa shape index (κ3) is 1.51. The SMILES string of the molecule is CO[C@@]12CC[C@H]3C[C@@H]1C(C)(C)O[C@]2(CC=C(C)C)C3=O. The molecule has 4 bridgehead atoms. The maximum absolute atomic E-state index is 13.0. The Morgan fingerprint density at radius 3 is 2.75 bits per heavy atom. The lowest BCUT2D eigenvalue weighted by Crippen LogP contribution is -2.68. The highest BCUT2D eigenvalue weighted by molar-refractivity contribution is 5.94. The number of carbonyl (C=O) groups excluding carboxylic acids is 1. The molecule has 3 heteroatoms. The fraction of sp³-hybridized carbons (Fsp3) is 0.824. The first-order valence-electron chi connectivity index (χ1n) is 7.72. The Labute approximate surface area is 121 Å². The van der Waals surface area contributed by atoms with Crippen molar-refractivity contribution in [3.63, 3.8) is 0 Å². The number of carbonyl (C=O) groups is 1. The van der Waals surface area contributed by atoms with E-state index in [2.05, 4.69) is 33.8 Å². The minimum absolute atomic E-state index is 0.171. The van der Waals surface area contributed by atoms with E-state index >= 15 is 0 Å². The Morgan fingerprint density at radius 1 is 1.45 bits per heavy atom. The van der Waals surface area contributed by atoms with Crippen molar-refractivity contribution in [2.24, 2.45) is 11.8 Å². The number of methoxy groups -OCH3 is 1. The van der Waals surface area contributed by atoms with E-state index in [-0.39, 0.29) is 17.3 Å². The first kappa shape index (κ1) is 14.3. The Hall–Kier alpha value is -0.670. The minimum Gasteiger partial charge on any atom is -0.374 e. The number of rotatable bonds is 3. The Morgan fingerprint density at radius 2 is 2.15 bits per heavy atom. The average molecular weight is 278 g/mol. The van der Waals surface area contributed by atoms with Crippen molar-refractivity contribution in [3.8, 4) is 0 Å². The minimum atomic E-state index is -0.756. The molecule has 0 N–H and O–H groups in total. The van der Waals surface area contributed by atoms with E-state index in [4.69, 9.17) is 9.47 Å². The summed E-state index contributed by atoms with van der Waals surface area (Å²) in [5.74, 6) is 0.774. The van der Waals surface area contributed by atoms with E-state index in [0.29, 0.717) is 12.3 Å². The fourth-order valence-electron chi connectivity index (χ4n) is 4.99. The van der Waals surface area contributed by atoms with Gasteiger partial charge in [0.05, 0.1) is 5.60 Å². The van der Waals surface area contributed by atoms with Gasteiger partial charge in [-0.2, -0.15) is 0 Å². The zero-order valence-corrected chi connectivity index (χ0v) is 13.3. The van der Waals surface area contributed by atoms with E-state index in [1.165, 1.54) is 5.57 Å². The number of ketones is 1. The fourth-order valence-corrected chi connectivity index (χ4v) is 4.99. The molecular formula is C17H26O3. The molecule has 1 aliphatic heterocycles. The van der Waals surface area contributed by atoms with Crippen LogP contribution in [0.4, 0.5) is 0 Å². The van der Waals surface area contributed by atoms with Crippen molar-refractivity contribution in [1.29, 1.82) is 0 Å². The van der Waals surface area contributed by atoms with Crippen LogP contribution in [0.3, 0.4) is 0 Å². The Balaban J connectivity index is 2.13. The molecule has 0 aromatic carbocycles. The standard InChI is InChI=1S/C17H26O3/c1-11(2)6-8-17-14(18)12-7-9-16(17,19-5)13(10-12)15(3,4)20-17/h6,12-13H,7-10H2,1-5H3/t12-,13+,16-,17+/m0/s1. The van der Waals surface area contributed by atoms with Crippen molar-refractivity contribution in [1.82, 2.24) is 0 Å². The van der Waals surface area contributed by atoms with Gasteiger partial charge in [0.1, 0.15) is 5.60 Å². The van der Waals surface area contributed by atoms with Gasteiger partial charge in [-0.05, 0) is 47.0 Å². The monoisotopic (exact) mass is 278 g/mol. The van der Waals surface area contributed by atoms with Crippen molar-refractivity contribution in [2.45, 2.75) is 70.2 Å². The lowest BCUT2D eigenvalue weighted by Gasteiger charge is -2.54. The number of hydrogen-bond donors (Lipinski definition) is 0. The summed E-state index contributed by atoms with van der Waals surface area (Å²) < 4.78 is 12.5. The van der Waals surface area contributed by atoms with Crippen LogP contribution in [0.2, 0.25) is 0 Å². The molecule has 112 valence electrons. The van der Waals surface area contributed by atoms with Gasteiger partial charge >= 0.3 is 0 Å².